The normalized spacial score (nSPS) is 9.59. The van der Waals surface area contributed by atoms with Crippen molar-refractivity contribution in [2.24, 2.45) is 0 Å². The fourth-order valence-electron chi connectivity index (χ4n) is 1.37. The number of nitrogens with zero attached hydrogens (tertiary/aromatic N) is 3. The van der Waals surface area contributed by atoms with E-state index in [1.165, 1.54) is 6.33 Å². The highest BCUT2D eigenvalue weighted by Crippen LogP contribution is 2.13. The van der Waals surface area contributed by atoms with Crippen molar-refractivity contribution in [1.29, 1.82) is 5.26 Å². The Morgan fingerprint density at radius 1 is 1.29 bits per heavy atom. The van der Waals surface area contributed by atoms with E-state index in [1.54, 1.807) is 18.3 Å². The highest BCUT2D eigenvalue weighted by Gasteiger charge is 1.99. The smallest absolute Gasteiger partial charge is 0.152 e. The van der Waals surface area contributed by atoms with Gasteiger partial charge in [-0.1, -0.05) is 12.1 Å². The van der Waals surface area contributed by atoms with Crippen LogP contribution in [0.4, 0.5) is 11.5 Å². The Balaban J connectivity index is 2.03. The number of anilines is 2. The van der Waals surface area contributed by atoms with Crippen LogP contribution in [0.3, 0.4) is 0 Å². The minimum Gasteiger partial charge on any atom is -0.394 e. The molecule has 0 saturated carbocycles. The average Bonchev–Trinajstić information content (AvgIpc) is 2.38. The van der Waals surface area contributed by atoms with Gasteiger partial charge >= 0.3 is 0 Å². The van der Waals surface area contributed by atoms with E-state index in [2.05, 4.69) is 21.4 Å². The van der Waals surface area contributed by atoms with Crippen molar-refractivity contribution in [3.8, 4) is 6.07 Å². The number of nitrogens with two attached hydrogens (primary N) is 1. The molecule has 0 spiro atoms. The molecule has 0 saturated heterocycles. The van der Waals surface area contributed by atoms with Gasteiger partial charge in [0.2, 0.25) is 0 Å². The van der Waals surface area contributed by atoms with Crippen molar-refractivity contribution >= 4 is 11.5 Å². The summed E-state index contributed by atoms with van der Waals surface area (Å²) in [5, 5.41) is 11.8. The van der Waals surface area contributed by atoms with Crippen LogP contribution in [0, 0.1) is 11.3 Å². The third-order valence-corrected chi connectivity index (χ3v) is 2.28. The Labute approximate surface area is 98.9 Å². The maximum absolute atomic E-state index is 8.67. The van der Waals surface area contributed by atoms with Gasteiger partial charge in [0, 0.05) is 6.54 Å². The summed E-state index contributed by atoms with van der Waals surface area (Å²) in [5.74, 6) is 0.615. The van der Waals surface area contributed by atoms with Crippen molar-refractivity contribution in [3.05, 3.63) is 47.9 Å². The van der Waals surface area contributed by atoms with Gasteiger partial charge in [0.05, 0.1) is 23.5 Å². The lowest BCUT2D eigenvalue weighted by atomic mass is 10.1. The van der Waals surface area contributed by atoms with Gasteiger partial charge in [-0.25, -0.2) is 9.97 Å². The molecule has 17 heavy (non-hydrogen) atoms. The molecule has 0 aliphatic rings. The first-order valence-corrected chi connectivity index (χ1v) is 5.08. The van der Waals surface area contributed by atoms with Crippen molar-refractivity contribution in [1.82, 2.24) is 9.97 Å². The summed E-state index contributed by atoms with van der Waals surface area (Å²) in [6.07, 6.45) is 2.99. The van der Waals surface area contributed by atoms with Gasteiger partial charge in [-0.2, -0.15) is 5.26 Å². The van der Waals surface area contributed by atoms with E-state index < -0.39 is 0 Å². The van der Waals surface area contributed by atoms with Gasteiger partial charge in [0.25, 0.3) is 0 Å². The third kappa shape index (κ3) is 2.69. The molecule has 5 heteroatoms. The SMILES string of the molecule is N#Cc1ccc(CNc2ncncc2N)cc1. The first-order chi connectivity index (χ1) is 8.29. The Bertz CT molecular complexity index is 542. The summed E-state index contributed by atoms with van der Waals surface area (Å²) in [5.41, 5.74) is 7.92. The maximum atomic E-state index is 8.67. The summed E-state index contributed by atoms with van der Waals surface area (Å²) in [6, 6.07) is 9.42. The summed E-state index contributed by atoms with van der Waals surface area (Å²) in [6.45, 7) is 0.604. The first kappa shape index (κ1) is 10.9. The van der Waals surface area contributed by atoms with Crippen LogP contribution in [0.25, 0.3) is 0 Å². The van der Waals surface area contributed by atoms with Gasteiger partial charge in [-0.3, -0.25) is 0 Å². The molecule has 5 nitrogen and oxygen atoms in total. The minimum atomic E-state index is 0.515. The van der Waals surface area contributed by atoms with Gasteiger partial charge in [-0.05, 0) is 17.7 Å². The number of hydrogen-bond acceptors (Lipinski definition) is 5. The van der Waals surface area contributed by atoms with Crippen LogP contribution in [0.15, 0.2) is 36.8 Å². The predicted molar refractivity (Wildman–Crippen MR) is 64.9 cm³/mol. The Morgan fingerprint density at radius 3 is 2.71 bits per heavy atom. The zero-order valence-corrected chi connectivity index (χ0v) is 9.09. The molecule has 0 unspecified atom stereocenters. The number of benzene rings is 1. The summed E-state index contributed by atoms with van der Waals surface area (Å²) < 4.78 is 0. The van der Waals surface area contributed by atoms with Crippen LogP contribution in [-0.4, -0.2) is 9.97 Å². The topological polar surface area (TPSA) is 87.6 Å². The summed E-state index contributed by atoms with van der Waals surface area (Å²) in [4.78, 5) is 7.84. The molecule has 84 valence electrons. The standard InChI is InChI=1S/C12H11N5/c13-5-9-1-3-10(4-2-9)6-16-12-11(14)7-15-8-17-12/h1-4,7-8H,6,14H2,(H,15,16,17). The van der Waals surface area contributed by atoms with Gasteiger partial charge in [-0.15, -0.1) is 0 Å². The van der Waals surface area contributed by atoms with E-state index in [-0.39, 0.29) is 0 Å². The van der Waals surface area contributed by atoms with E-state index in [9.17, 15) is 0 Å². The maximum Gasteiger partial charge on any atom is 0.152 e. The second-order valence-electron chi connectivity index (χ2n) is 3.49. The number of nitrogens with one attached hydrogen (secondary N) is 1. The molecule has 1 aromatic heterocycles. The Hall–Kier alpha value is -2.61. The lowest BCUT2D eigenvalue weighted by molar-refractivity contribution is 1.08. The van der Waals surface area contributed by atoms with Crippen molar-refractivity contribution in [2.75, 3.05) is 11.1 Å². The largest absolute Gasteiger partial charge is 0.394 e. The molecule has 0 fully saturated rings. The molecule has 0 atom stereocenters. The quantitative estimate of drug-likeness (QED) is 0.827. The predicted octanol–water partition coefficient (Wildman–Crippen LogP) is 1.54. The molecule has 0 aliphatic carbocycles. The fraction of sp³-hybridized carbons (Fsp3) is 0.0833. The molecular weight excluding hydrogens is 214 g/mol. The first-order valence-electron chi connectivity index (χ1n) is 5.08. The van der Waals surface area contributed by atoms with Crippen molar-refractivity contribution in [2.45, 2.75) is 6.54 Å². The van der Waals surface area contributed by atoms with Crippen LogP contribution in [0.2, 0.25) is 0 Å². The number of aromatic nitrogens is 2. The van der Waals surface area contributed by atoms with E-state index in [0.717, 1.165) is 5.56 Å². The Morgan fingerprint density at radius 2 is 2.06 bits per heavy atom. The third-order valence-electron chi connectivity index (χ3n) is 2.28. The van der Waals surface area contributed by atoms with Crippen molar-refractivity contribution in [3.63, 3.8) is 0 Å². The fourth-order valence-corrected chi connectivity index (χ4v) is 1.37. The molecule has 1 aromatic carbocycles. The highest BCUT2D eigenvalue weighted by molar-refractivity contribution is 5.59. The average molecular weight is 225 g/mol. The van der Waals surface area contributed by atoms with Gasteiger partial charge in [0.15, 0.2) is 5.82 Å². The highest BCUT2D eigenvalue weighted by atomic mass is 15.0. The molecule has 2 aromatic rings. The number of rotatable bonds is 3. The van der Waals surface area contributed by atoms with E-state index >= 15 is 0 Å². The number of nitrogen functional groups attached to an aromatic ring is 1. The molecule has 3 N–H and O–H groups in total. The molecule has 0 aliphatic heterocycles. The van der Waals surface area contributed by atoms with E-state index in [1.807, 2.05) is 12.1 Å². The molecule has 0 radical (unpaired) electrons. The molecule has 0 amide bonds. The molecule has 0 bridgehead atoms. The summed E-state index contributed by atoms with van der Waals surface area (Å²) in [7, 11) is 0. The zero-order chi connectivity index (χ0) is 12.1. The van der Waals surface area contributed by atoms with E-state index in [0.29, 0.717) is 23.6 Å². The minimum absolute atomic E-state index is 0.515. The number of nitriles is 1. The lowest BCUT2D eigenvalue weighted by Crippen LogP contribution is -2.04. The molecule has 2 rings (SSSR count). The monoisotopic (exact) mass is 225 g/mol. The zero-order valence-electron chi connectivity index (χ0n) is 9.09. The van der Waals surface area contributed by atoms with Gasteiger partial charge < -0.3 is 11.1 Å². The van der Waals surface area contributed by atoms with Gasteiger partial charge in [0.1, 0.15) is 6.33 Å². The second kappa shape index (κ2) is 4.94. The molecule has 1 heterocycles. The lowest BCUT2D eigenvalue weighted by Gasteiger charge is -2.07. The van der Waals surface area contributed by atoms with Crippen LogP contribution in [0.1, 0.15) is 11.1 Å². The van der Waals surface area contributed by atoms with Crippen LogP contribution < -0.4 is 11.1 Å². The van der Waals surface area contributed by atoms with Crippen LogP contribution in [0.5, 0.6) is 0 Å². The van der Waals surface area contributed by atoms with Crippen LogP contribution in [-0.2, 0) is 6.54 Å². The number of hydrogen-bond donors (Lipinski definition) is 2. The second-order valence-corrected chi connectivity index (χ2v) is 3.49. The van der Waals surface area contributed by atoms with Crippen LogP contribution >= 0.6 is 0 Å². The molecular formula is C12H11N5. The van der Waals surface area contributed by atoms with Crippen molar-refractivity contribution < 1.29 is 0 Å². The Kier molecular flexibility index (Phi) is 3.17. The summed E-state index contributed by atoms with van der Waals surface area (Å²) >= 11 is 0. The van der Waals surface area contributed by atoms with E-state index in [4.69, 9.17) is 11.0 Å².